The highest BCUT2D eigenvalue weighted by Gasteiger charge is 2.22. The van der Waals surface area contributed by atoms with Gasteiger partial charge in [-0.3, -0.25) is 5.10 Å². The molecule has 0 radical (unpaired) electrons. The van der Waals surface area contributed by atoms with Gasteiger partial charge in [-0.15, -0.1) is 0 Å². The second-order valence-corrected chi connectivity index (χ2v) is 4.01. The lowest BCUT2D eigenvalue weighted by Gasteiger charge is -2.25. The number of rotatable bonds is 3. The highest BCUT2D eigenvalue weighted by atomic mass is 16.6. The van der Waals surface area contributed by atoms with Gasteiger partial charge in [0.05, 0.1) is 19.3 Å². The van der Waals surface area contributed by atoms with E-state index in [9.17, 15) is 4.79 Å². The van der Waals surface area contributed by atoms with Gasteiger partial charge in [0.1, 0.15) is 0 Å². The molecule has 0 spiro atoms. The molecular weight excluding hydrogens is 206 g/mol. The first-order valence-electron chi connectivity index (χ1n) is 5.74. The quantitative estimate of drug-likeness (QED) is 0.793. The van der Waals surface area contributed by atoms with Crippen LogP contribution in [0.1, 0.15) is 31.0 Å². The number of unbranched alkanes of at least 4 members (excludes halogenated alkanes) is 1. The molecule has 0 fully saturated rings. The van der Waals surface area contributed by atoms with Crippen molar-refractivity contribution in [2.75, 3.05) is 13.2 Å². The third-order valence-corrected chi connectivity index (χ3v) is 2.78. The van der Waals surface area contributed by atoms with Crippen LogP contribution in [0.2, 0.25) is 0 Å². The molecule has 16 heavy (non-hydrogen) atoms. The number of aromatic nitrogens is 2. The van der Waals surface area contributed by atoms with Crippen molar-refractivity contribution >= 4 is 6.09 Å². The Morgan fingerprint density at radius 2 is 2.56 bits per heavy atom. The molecule has 0 saturated heterocycles. The molecule has 0 bridgehead atoms. The molecule has 88 valence electrons. The number of fused-ring (bicyclic) bond motifs is 1. The molecule has 2 heterocycles. The van der Waals surface area contributed by atoms with Crippen LogP contribution in [-0.4, -0.2) is 34.3 Å². The third kappa shape index (κ3) is 2.35. The van der Waals surface area contributed by atoms with Gasteiger partial charge >= 0.3 is 6.09 Å². The average molecular weight is 223 g/mol. The number of hydrogen-bond acceptors (Lipinski definition) is 3. The first-order valence-corrected chi connectivity index (χ1v) is 5.74. The van der Waals surface area contributed by atoms with E-state index < -0.39 is 0 Å². The van der Waals surface area contributed by atoms with Gasteiger partial charge in [0.25, 0.3) is 0 Å². The molecule has 0 aliphatic carbocycles. The van der Waals surface area contributed by atoms with Crippen molar-refractivity contribution in [3.8, 4) is 0 Å². The maximum atomic E-state index is 11.7. The lowest BCUT2D eigenvalue weighted by atomic mass is 10.1. The molecule has 0 unspecified atom stereocenters. The van der Waals surface area contributed by atoms with Crippen molar-refractivity contribution in [1.29, 1.82) is 0 Å². The first kappa shape index (κ1) is 11.0. The number of nitrogens with one attached hydrogen (secondary N) is 1. The van der Waals surface area contributed by atoms with Gasteiger partial charge in [0.15, 0.2) is 0 Å². The van der Waals surface area contributed by atoms with E-state index in [1.807, 2.05) is 0 Å². The second kappa shape index (κ2) is 5.01. The minimum absolute atomic E-state index is 0.208. The average Bonchev–Trinajstić information content (AvgIpc) is 2.76. The van der Waals surface area contributed by atoms with Gasteiger partial charge in [-0.05, 0) is 6.42 Å². The van der Waals surface area contributed by atoms with Gasteiger partial charge in [0.2, 0.25) is 0 Å². The molecule has 1 aliphatic rings. The Morgan fingerprint density at radius 3 is 3.38 bits per heavy atom. The highest BCUT2D eigenvalue weighted by Crippen LogP contribution is 2.16. The number of ether oxygens (including phenoxy) is 1. The SMILES string of the molecule is CCCCOC(=O)N1CCc2[nH]ncc2C1. The van der Waals surface area contributed by atoms with E-state index in [1.165, 1.54) is 0 Å². The van der Waals surface area contributed by atoms with Crippen LogP contribution in [0.4, 0.5) is 4.79 Å². The minimum atomic E-state index is -0.208. The summed E-state index contributed by atoms with van der Waals surface area (Å²) in [6.45, 7) is 3.91. The monoisotopic (exact) mass is 223 g/mol. The van der Waals surface area contributed by atoms with E-state index in [1.54, 1.807) is 11.1 Å². The van der Waals surface area contributed by atoms with E-state index in [0.29, 0.717) is 19.7 Å². The Kier molecular flexibility index (Phi) is 3.44. The molecule has 5 heteroatoms. The molecule has 1 aromatic rings. The van der Waals surface area contributed by atoms with Crippen LogP contribution in [0.5, 0.6) is 0 Å². The Morgan fingerprint density at radius 1 is 1.69 bits per heavy atom. The zero-order chi connectivity index (χ0) is 11.4. The van der Waals surface area contributed by atoms with Crippen molar-refractivity contribution in [1.82, 2.24) is 15.1 Å². The summed E-state index contributed by atoms with van der Waals surface area (Å²) in [6, 6.07) is 0. The summed E-state index contributed by atoms with van der Waals surface area (Å²) in [5, 5.41) is 6.91. The molecule has 2 rings (SSSR count). The van der Waals surface area contributed by atoms with E-state index >= 15 is 0 Å². The summed E-state index contributed by atoms with van der Waals surface area (Å²) in [5.74, 6) is 0. The molecule has 5 nitrogen and oxygen atoms in total. The van der Waals surface area contributed by atoms with E-state index in [0.717, 1.165) is 30.5 Å². The van der Waals surface area contributed by atoms with Crippen LogP contribution in [-0.2, 0) is 17.7 Å². The summed E-state index contributed by atoms with van der Waals surface area (Å²) in [6.07, 6.45) is 4.37. The molecule has 1 aromatic heterocycles. The maximum Gasteiger partial charge on any atom is 0.410 e. The van der Waals surface area contributed by atoms with E-state index in [-0.39, 0.29) is 6.09 Å². The summed E-state index contributed by atoms with van der Waals surface area (Å²) in [4.78, 5) is 13.4. The van der Waals surface area contributed by atoms with Crippen LogP contribution >= 0.6 is 0 Å². The van der Waals surface area contributed by atoms with Crippen molar-refractivity contribution < 1.29 is 9.53 Å². The largest absolute Gasteiger partial charge is 0.449 e. The normalized spacial score (nSPS) is 14.7. The van der Waals surface area contributed by atoms with Crippen LogP contribution in [0.25, 0.3) is 0 Å². The predicted molar refractivity (Wildman–Crippen MR) is 59.0 cm³/mol. The Hall–Kier alpha value is -1.52. The summed E-state index contributed by atoms with van der Waals surface area (Å²) in [5.41, 5.74) is 2.23. The van der Waals surface area contributed by atoms with Crippen LogP contribution in [0.15, 0.2) is 6.20 Å². The van der Waals surface area contributed by atoms with Gasteiger partial charge in [-0.2, -0.15) is 5.10 Å². The fraction of sp³-hybridized carbons (Fsp3) is 0.636. The van der Waals surface area contributed by atoms with Gasteiger partial charge in [0, 0.05) is 24.2 Å². The highest BCUT2D eigenvalue weighted by molar-refractivity contribution is 5.68. The Bertz CT molecular complexity index is 362. The van der Waals surface area contributed by atoms with Crippen LogP contribution in [0.3, 0.4) is 0 Å². The summed E-state index contributed by atoms with van der Waals surface area (Å²) >= 11 is 0. The fourth-order valence-electron chi connectivity index (χ4n) is 1.77. The number of carbonyl (C=O) groups is 1. The predicted octanol–water partition coefficient (Wildman–Crippen LogP) is 1.70. The first-order chi connectivity index (χ1) is 7.81. The van der Waals surface area contributed by atoms with E-state index in [2.05, 4.69) is 17.1 Å². The molecular formula is C11H17N3O2. The number of nitrogens with zero attached hydrogens (tertiary/aromatic N) is 2. The second-order valence-electron chi connectivity index (χ2n) is 4.01. The molecule has 0 atom stereocenters. The van der Waals surface area contributed by atoms with Gasteiger partial charge in [-0.1, -0.05) is 13.3 Å². The maximum absolute atomic E-state index is 11.7. The number of hydrogen-bond donors (Lipinski definition) is 1. The van der Waals surface area contributed by atoms with Crippen molar-refractivity contribution in [3.63, 3.8) is 0 Å². The standard InChI is InChI=1S/C11H17N3O2/c1-2-3-6-16-11(15)14-5-4-10-9(8-14)7-12-13-10/h7H,2-6,8H2,1H3,(H,12,13). The zero-order valence-corrected chi connectivity index (χ0v) is 9.53. The number of aromatic amines is 1. The molecule has 1 aliphatic heterocycles. The van der Waals surface area contributed by atoms with Gasteiger partial charge < -0.3 is 9.64 Å². The number of carbonyl (C=O) groups excluding carboxylic acids is 1. The van der Waals surface area contributed by atoms with Crippen molar-refractivity contribution in [3.05, 3.63) is 17.5 Å². The molecule has 0 saturated carbocycles. The molecule has 0 aromatic carbocycles. The lowest BCUT2D eigenvalue weighted by molar-refractivity contribution is 0.0965. The zero-order valence-electron chi connectivity index (χ0n) is 9.53. The fourth-order valence-corrected chi connectivity index (χ4v) is 1.77. The van der Waals surface area contributed by atoms with Crippen molar-refractivity contribution in [2.24, 2.45) is 0 Å². The number of amides is 1. The smallest absolute Gasteiger partial charge is 0.410 e. The minimum Gasteiger partial charge on any atom is -0.449 e. The number of H-pyrrole nitrogens is 1. The molecule has 1 N–H and O–H groups in total. The summed E-state index contributed by atoms with van der Waals surface area (Å²) < 4.78 is 5.17. The third-order valence-electron chi connectivity index (χ3n) is 2.78. The van der Waals surface area contributed by atoms with Gasteiger partial charge in [-0.25, -0.2) is 4.79 Å². The Labute approximate surface area is 94.8 Å². The lowest BCUT2D eigenvalue weighted by Crippen LogP contribution is -2.36. The van der Waals surface area contributed by atoms with Crippen LogP contribution < -0.4 is 0 Å². The van der Waals surface area contributed by atoms with E-state index in [4.69, 9.17) is 4.74 Å². The summed E-state index contributed by atoms with van der Waals surface area (Å²) in [7, 11) is 0. The van der Waals surface area contributed by atoms with Crippen molar-refractivity contribution in [2.45, 2.75) is 32.7 Å². The van der Waals surface area contributed by atoms with Crippen LogP contribution in [0, 0.1) is 0 Å². The topological polar surface area (TPSA) is 58.2 Å². The molecule has 1 amide bonds. The Balaban J connectivity index is 1.86.